The highest BCUT2D eigenvalue weighted by Gasteiger charge is 2.16. The van der Waals surface area contributed by atoms with Gasteiger partial charge in [-0.3, -0.25) is 0 Å². The molecule has 0 aromatic heterocycles. The minimum Gasteiger partial charge on any atom is -0.330 e. The van der Waals surface area contributed by atoms with Crippen LogP contribution in [0.4, 0.5) is 0 Å². The number of carbonyl (C=O) groups is 1. The molecule has 0 aliphatic heterocycles. The van der Waals surface area contributed by atoms with Crippen molar-refractivity contribution in [2.24, 2.45) is 5.14 Å². The molecule has 0 saturated heterocycles. The smallest absolute Gasteiger partial charge is 0.330 e. The molecule has 0 atom stereocenters. The Bertz CT molecular complexity index is 478. The van der Waals surface area contributed by atoms with Crippen molar-refractivity contribution >= 4 is 21.8 Å². The van der Waals surface area contributed by atoms with Crippen molar-refractivity contribution in [3.05, 3.63) is 42.5 Å². The van der Waals surface area contributed by atoms with Gasteiger partial charge < -0.3 is 4.18 Å². The van der Waals surface area contributed by atoms with Gasteiger partial charge in [-0.1, -0.05) is 36.9 Å². The van der Waals surface area contributed by atoms with E-state index in [4.69, 9.17) is 0 Å². The molecule has 0 spiro atoms. The first-order valence-electron chi connectivity index (χ1n) is 3.91. The fraction of sp³-hybridized carbons (Fsp3) is 0. The Morgan fingerprint density at radius 2 is 1.80 bits per heavy atom. The van der Waals surface area contributed by atoms with Crippen molar-refractivity contribution in [3.63, 3.8) is 0 Å². The molecule has 0 unspecified atom stereocenters. The lowest BCUT2D eigenvalue weighted by molar-refractivity contribution is -0.127. The van der Waals surface area contributed by atoms with Crippen molar-refractivity contribution in [2.45, 2.75) is 0 Å². The van der Waals surface area contributed by atoms with Gasteiger partial charge in [0.25, 0.3) is 0 Å². The minimum absolute atomic E-state index is 0.0652. The van der Waals surface area contributed by atoms with Crippen molar-refractivity contribution in [2.75, 3.05) is 0 Å². The first-order valence-corrected chi connectivity index (χ1v) is 5.38. The quantitative estimate of drug-likeness (QED) is 0.759. The lowest BCUT2D eigenvalue weighted by atomic mass is 10.1. The van der Waals surface area contributed by atoms with Gasteiger partial charge in [0.15, 0.2) is 0 Å². The van der Waals surface area contributed by atoms with Crippen LogP contribution in [0.1, 0.15) is 5.56 Å². The van der Waals surface area contributed by atoms with Crippen LogP contribution in [0.3, 0.4) is 0 Å². The highest BCUT2D eigenvalue weighted by atomic mass is 32.2. The predicted octanol–water partition coefficient (Wildman–Crippen LogP) is 0.447. The van der Waals surface area contributed by atoms with Gasteiger partial charge in [0, 0.05) is 0 Å². The summed E-state index contributed by atoms with van der Waals surface area (Å²) >= 11 is 0. The van der Waals surface area contributed by atoms with Crippen LogP contribution in [0, 0.1) is 0 Å². The summed E-state index contributed by atoms with van der Waals surface area (Å²) in [5.74, 6) is -1.08. The summed E-state index contributed by atoms with van der Waals surface area (Å²) in [6.45, 7) is 3.41. The zero-order valence-electron chi connectivity index (χ0n) is 7.71. The van der Waals surface area contributed by atoms with Gasteiger partial charge in [-0.2, -0.15) is 13.6 Å². The molecule has 0 heterocycles. The fourth-order valence-electron chi connectivity index (χ4n) is 0.913. The van der Waals surface area contributed by atoms with Crippen LogP contribution in [0.25, 0.3) is 5.57 Å². The minimum atomic E-state index is -4.29. The van der Waals surface area contributed by atoms with E-state index in [2.05, 4.69) is 15.9 Å². The molecule has 0 amide bonds. The molecule has 6 heteroatoms. The van der Waals surface area contributed by atoms with E-state index >= 15 is 0 Å². The van der Waals surface area contributed by atoms with Crippen LogP contribution in [-0.4, -0.2) is 14.4 Å². The van der Waals surface area contributed by atoms with Crippen molar-refractivity contribution < 1.29 is 17.4 Å². The van der Waals surface area contributed by atoms with Crippen molar-refractivity contribution in [3.8, 4) is 0 Å². The van der Waals surface area contributed by atoms with Crippen LogP contribution in [-0.2, 0) is 19.3 Å². The maximum atomic E-state index is 11.2. The molecule has 5 nitrogen and oxygen atoms in total. The molecular weight excluding hydrogens is 218 g/mol. The van der Waals surface area contributed by atoms with E-state index in [1.807, 2.05) is 0 Å². The van der Waals surface area contributed by atoms with E-state index < -0.39 is 16.3 Å². The Labute approximate surface area is 87.4 Å². The molecule has 80 valence electrons. The third-order valence-electron chi connectivity index (χ3n) is 1.56. The summed E-state index contributed by atoms with van der Waals surface area (Å²) in [4.78, 5) is 11.2. The molecular formula is C9H9NO4S. The summed E-state index contributed by atoms with van der Waals surface area (Å²) < 4.78 is 24.9. The highest BCUT2D eigenvalue weighted by Crippen LogP contribution is 2.13. The van der Waals surface area contributed by atoms with Crippen LogP contribution in [0.15, 0.2) is 36.9 Å². The van der Waals surface area contributed by atoms with Gasteiger partial charge >= 0.3 is 16.3 Å². The average Bonchev–Trinajstić information content (AvgIpc) is 2.15. The number of nitrogens with two attached hydrogens (primary N) is 1. The summed E-state index contributed by atoms with van der Waals surface area (Å²) in [6, 6.07) is 8.33. The van der Waals surface area contributed by atoms with Gasteiger partial charge in [0.1, 0.15) is 0 Å². The largest absolute Gasteiger partial charge is 0.382 e. The molecule has 1 aromatic rings. The van der Waals surface area contributed by atoms with Gasteiger partial charge in [-0.15, -0.1) is 0 Å². The van der Waals surface area contributed by atoms with E-state index in [1.54, 1.807) is 30.3 Å². The first-order chi connectivity index (χ1) is 6.90. The van der Waals surface area contributed by atoms with Gasteiger partial charge in [0.05, 0.1) is 5.57 Å². The second kappa shape index (κ2) is 4.24. The van der Waals surface area contributed by atoms with E-state index in [-0.39, 0.29) is 5.57 Å². The zero-order chi connectivity index (χ0) is 11.5. The summed E-state index contributed by atoms with van der Waals surface area (Å²) in [6.07, 6.45) is 0. The Morgan fingerprint density at radius 3 is 2.27 bits per heavy atom. The van der Waals surface area contributed by atoms with Crippen LogP contribution >= 0.6 is 0 Å². The van der Waals surface area contributed by atoms with E-state index in [9.17, 15) is 13.2 Å². The zero-order valence-corrected chi connectivity index (χ0v) is 8.53. The lowest BCUT2D eigenvalue weighted by Crippen LogP contribution is -2.20. The molecule has 0 saturated carbocycles. The highest BCUT2D eigenvalue weighted by molar-refractivity contribution is 7.84. The molecule has 0 fully saturated rings. The van der Waals surface area contributed by atoms with Gasteiger partial charge in [-0.05, 0) is 5.56 Å². The number of rotatable bonds is 3. The van der Waals surface area contributed by atoms with E-state index in [0.717, 1.165) is 0 Å². The van der Waals surface area contributed by atoms with Gasteiger partial charge in [0.2, 0.25) is 0 Å². The summed E-state index contributed by atoms with van der Waals surface area (Å²) in [5.41, 5.74) is 0.413. The monoisotopic (exact) mass is 227 g/mol. The normalized spacial score (nSPS) is 10.7. The molecule has 15 heavy (non-hydrogen) atoms. The van der Waals surface area contributed by atoms with Crippen molar-refractivity contribution in [1.82, 2.24) is 0 Å². The Kier molecular flexibility index (Phi) is 3.23. The third-order valence-corrected chi connectivity index (χ3v) is 1.94. The topological polar surface area (TPSA) is 86.5 Å². The van der Waals surface area contributed by atoms with Crippen LogP contribution in [0.2, 0.25) is 0 Å². The van der Waals surface area contributed by atoms with Crippen LogP contribution in [0.5, 0.6) is 0 Å². The summed E-state index contributed by atoms with van der Waals surface area (Å²) in [5, 5.41) is 4.54. The Morgan fingerprint density at radius 1 is 1.27 bits per heavy atom. The fourth-order valence-corrected chi connectivity index (χ4v) is 1.22. The number of hydrogen-bond donors (Lipinski definition) is 1. The van der Waals surface area contributed by atoms with Gasteiger partial charge in [-0.25, -0.2) is 4.79 Å². The van der Waals surface area contributed by atoms with E-state index in [1.165, 1.54) is 0 Å². The maximum Gasteiger partial charge on any atom is 0.382 e. The second-order valence-corrected chi connectivity index (χ2v) is 3.86. The second-order valence-electron chi connectivity index (χ2n) is 2.71. The van der Waals surface area contributed by atoms with Crippen LogP contribution < -0.4 is 5.14 Å². The predicted molar refractivity (Wildman–Crippen MR) is 54.7 cm³/mol. The first kappa shape index (κ1) is 11.4. The average molecular weight is 227 g/mol. The Balaban J connectivity index is 2.84. The molecule has 0 aliphatic carbocycles. The third kappa shape index (κ3) is 3.53. The standard InChI is InChI=1S/C9H9NO4S/c1-7(8-5-3-2-4-6-8)9(11)14-15(10,12)13/h2-6H,1H2,(H2,10,12,13). The molecule has 1 aromatic carbocycles. The SMILES string of the molecule is C=C(C(=O)OS(N)(=O)=O)c1ccccc1. The molecule has 0 radical (unpaired) electrons. The molecule has 2 N–H and O–H groups in total. The molecule has 0 aliphatic rings. The maximum absolute atomic E-state index is 11.2. The van der Waals surface area contributed by atoms with Crippen molar-refractivity contribution in [1.29, 1.82) is 0 Å². The van der Waals surface area contributed by atoms with E-state index in [0.29, 0.717) is 5.56 Å². The number of benzene rings is 1. The number of hydrogen-bond acceptors (Lipinski definition) is 4. The lowest BCUT2D eigenvalue weighted by Gasteiger charge is -2.03. The molecule has 0 bridgehead atoms. The summed E-state index contributed by atoms with van der Waals surface area (Å²) in [7, 11) is -4.29. The molecule has 1 rings (SSSR count). The Hall–Kier alpha value is -1.66. The number of carbonyl (C=O) groups excluding carboxylic acids is 1.